The Balaban J connectivity index is 1.75. The van der Waals surface area contributed by atoms with Gasteiger partial charge in [-0.15, -0.1) is 0 Å². The molecule has 0 saturated carbocycles. The van der Waals surface area contributed by atoms with E-state index in [1.807, 2.05) is 38.1 Å². The fourth-order valence-electron chi connectivity index (χ4n) is 2.06. The number of aryl methyl sites for hydroxylation is 2. The molecule has 2 rings (SSSR count). The number of nitrogens with zero attached hydrogens (tertiary/aromatic N) is 2. The Morgan fingerprint density at radius 2 is 1.77 bits per heavy atom. The van der Waals surface area contributed by atoms with Crippen LogP contribution in [-0.2, 0) is 14.8 Å². The lowest BCUT2D eigenvalue weighted by molar-refractivity contribution is -0.120. The van der Waals surface area contributed by atoms with Crippen molar-refractivity contribution in [3.8, 4) is 0 Å². The molecule has 0 bridgehead atoms. The SMILES string of the molecule is Cc1cc(C)nc(NNC(=O)CCNS(=O)(=O)/C=C/c2ccccc2)n1. The fraction of sp³-hybridized carbons (Fsp3) is 0.235. The molecule has 3 N–H and O–H groups in total. The number of nitrogens with one attached hydrogen (secondary N) is 3. The van der Waals surface area contributed by atoms with Gasteiger partial charge < -0.3 is 0 Å². The third-order valence-corrected chi connectivity index (χ3v) is 4.29. The van der Waals surface area contributed by atoms with Gasteiger partial charge in [-0.05, 0) is 31.6 Å². The molecule has 0 radical (unpaired) electrons. The van der Waals surface area contributed by atoms with E-state index < -0.39 is 10.0 Å². The van der Waals surface area contributed by atoms with E-state index in [4.69, 9.17) is 0 Å². The predicted octanol–water partition coefficient (Wildman–Crippen LogP) is 1.52. The second kappa shape index (κ2) is 9.07. The maximum atomic E-state index is 11.9. The van der Waals surface area contributed by atoms with Gasteiger partial charge in [0.05, 0.1) is 0 Å². The van der Waals surface area contributed by atoms with Crippen LogP contribution in [0.2, 0.25) is 0 Å². The minimum Gasteiger partial charge on any atom is -0.273 e. The minimum atomic E-state index is -3.61. The van der Waals surface area contributed by atoms with Gasteiger partial charge in [-0.1, -0.05) is 30.3 Å². The lowest BCUT2D eigenvalue weighted by atomic mass is 10.2. The highest BCUT2D eigenvalue weighted by Gasteiger charge is 2.07. The normalized spacial score (nSPS) is 11.5. The molecule has 8 nitrogen and oxygen atoms in total. The van der Waals surface area contributed by atoms with Crippen LogP contribution in [0.1, 0.15) is 23.4 Å². The summed E-state index contributed by atoms with van der Waals surface area (Å²) < 4.78 is 26.1. The number of carbonyl (C=O) groups excluding carboxylic acids is 1. The first-order valence-electron chi connectivity index (χ1n) is 7.94. The monoisotopic (exact) mass is 375 g/mol. The van der Waals surface area contributed by atoms with Gasteiger partial charge in [-0.3, -0.25) is 15.6 Å². The van der Waals surface area contributed by atoms with Crippen molar-refractivity contribution in [1.82, 2.24) is 20.1 Å². The summed E-state index contributed by atoms with van der Waals surface area (Å²) in [4.78, 5) is 20.0. The molecule has 26 heavy (non-hydrogen) atoms. The maximum Gasteiger partial charge on any atom is 0.242 e. The number of hydrazine groups is 1. The van der Waals surface area contributed by atoms with Gasteiger partial charge in [-0.2, -0.15) is 0 Å². The topological polar surface area (TPSA) is 113 Å². The molecular formula is C17H21N5O3S. The van der Waals surface area contributed by atoms with Crippen LogP contribution in [0.3, 0.4) is 0 Å². The molecule has 0 fully saturated rings. The van der Waals surface area contributed by atoms with Crippen molar-refractivity contribution in [3.63, 3.8) is 0 Å². The molecule has 0 atom stereocenters. The highest BCUT2D eigenvalue weighted by molar-refractivity contribution is 7.92. The molecule has 1 heterocycles. The third kappa shape index (κ3) is 6.99. The largest absolute Gasteiger partial charge is 0.273 e. The molecule has 138 valence electrons. The van der Waals surface area contributed by atoms with Crippen LogP contribution in [0.4, 0.5) is 5.95 Å². The molecule has 0 aliphatic carbocycles. The quantitative estimate of drug-likeness (QED) is 0.603. The zero-order valence-corrected chi connectivity index (χ0v) is 15.4. The van der Waals surface area contributed by atoms with Crippen LogP contribution in [-0.4, -0.2) is 30.8 Å². The van der Waals surface area contributed by atoms with Crippen LogP contribution < -0.4 is 15.6 Å². The summed E-state index contributed by atoms with van der Waals surface area (Å²) in [5.41, 5.74) is 7.35. The number of hydrogen-bond acceptors (Lipinski definition) is 6. The maximum absolute atomic E-state index is 11.9. The van der Waals surface area contributed by atoms with Gasteiger partial charge in [0.25, 0.3) is 0 Å². The van der Waals surface area contributed by atoms with Crippen molar-refractivity contribution in [3.05, 3.63) is 58.8 Å². The summed E-state index contributed by atoms with van der Waals surface area (Å²) in [6, 6.07) is 10.9. The van der Waals surface area contributed by atoms with Crippen molar-refractivity contribution in [2.45, 2.75) is 20.3 Å². The standard InChI is InChI=1S/C17H21N5O3S/c1-13-12-14(2)20-17(19-13)22-21-16(23)8-10-18-26(24,25)11-9-15-6-4-3-5-7-15/h3-7,9,11-12,18H,8,10H2,1-2H3,(H,21,23)(H,19,20,22)/b11-9+. The fourth-order valence-corrected chi connectivity index (χ4v) is 2.88. The summed E-state index contributed by atoms with van der Waals surface area (Å²) in [6.07, 6.45) is 1.46. The highest BCUT2D eigenvalue weighted by atomic mass is 32.2. The molecule has 0 unspecified atom stereocenters. The highest BCUT2D eigenvalue weighted by Crippen LogP contribution is 2.03. The molecule has 2 aromatic rings. The van der Waals surface area contributed by atoms with Crippen molar-refractivity contribution >= 4 is 28.0 Å². The summed E-state index contributed by atoms with van der Waals surface area (Å²) in [6.45, 7) is 3.61. The van der Waals surface area contributed by atoms with Crippen LogP contribution in [0.5, 0.6) is 0 Å². The third-order valence-electron chi connectivity index (χ3n) is 3.19. The van der Waals surface area contributed by atoms with E-state index in [1.165, 1.54) is 6.08 Å². The number of anilines is 1. The van der Waals surface area contributed by atoms with Gasteiger partial charge in [0.15, 0.2) is 0 Å². The predicted molar refractivity (Wildman–Crippen MR) is 100 cm³/mol. The van der Waals surface area contributed by atoms with Gasteiger partial charge in [-0.25, -0.2) is 23.1 Å². The average molecular weight is 375 g/mol. The molecule has 1 aromatic carbocycles. The summed E-state index contributed by atoms with van der Waals surface area (Å²) in [5, 5.41) is 1.07. The summed E-state index contributed by atoms with van der Waals surface area (Å²) in [7, 11) is -3.61. The number of hydrogen-bond donors (Lipinski definition) is 3. The van der Waals surface area contributed by atoms with Crippen LogP contribution in [0, 0.1) is 13.8 Å². The molecule has 0 aliphatic heterocycles. The molecule has 0 spiro atoms. The molecular weight excluding hydrogens is 354 g/mol. The van der Waals surface area contributed by atoms with Crippen molar-refractivity contribution in [2.75, 3.05) is 12.0 Å². The van der Waals surface area contributed by atoms with Gasteiger partial charge in [0.1, 0.15) is 0 Å². The van der Waals surface area contributed by atoms with Crippen molar-refractivity contribution in [2.24, 2.45) is 0 Å². The first kappa shape index (κ1) is 19.5. The number of rotatable bonds is 8. The Morgan fingerprint density at radius 1 is 1.12 bits per heavy atom. The molecule has 0 saturated heterocycles. The smallest absolute Gasteiger partial charge is 0.242 e. The second-order valence-electron chi connectivity index (χ2n) is 5.55. The van der Waals surface area contributed by atoms with Crippen molar-refractivity contribution in [1.29, 1.82) is 0 Å². The Labute approximate surface area is 152 Å². The van der Waals surface area contributed by atoms with Gasteiger partial charge in [0, 0.05) is 29.8 Å². The van der Waals surface area contributed by atoms with E-state index in [0.717, 1.165) is 22.4 Å². The van der Waals surface area contributed by atoms with Crippen LogP contribution in [0.25, 0.3) is 6.08 Å². The number of sulfonamides is 1. The van der Waals surface area contributed by atoms with E-state index >= 15 is 0 Å². The van der Waals surface area contributed by atoms with E-state index in [-0.39, 0.29) is 24.8 Å². The van der Waals surface area contributed by atoms with E-state index in [1.54, 1.807) is 12.1 Å². The second-order valence-corrected chi connectivity index (χ2v) is 7.20. The Bertz CT molecular complexity index is 862. The van der Waals surface area contributed by atoms with E-state index in [0.29, 0.717) is 0 Å². The van der Waals surface area contributed by atoms with Crippen LogP contribution in [0.15, 0.2) is 41.8 Å². The average Bonchev–Trinajstić information content (AvgIpc) is 2.58. The zero-order valence-electron chi connectivity index (χ0n) is 14.6. The zero-order chi connectivity index (χ0) is 19.0. The van der Waals surface area contributed by atoms with Gasteiger partial charge in [0.2, 0.25) is 21.9 Å². The molecule has 1 amide bonds. The Morgan fingerprint density at radius 3 is 2.42 bits per heavy atom. The number of amides is 1. The first-order chi connectivity index (χ1) is 12.3. The first-order valence-corrected chi connectivity index (χ1v) is 9.49. The minimum absolute atomic E-state index is 0.0251. The van der Waals surface area contributed by atoms with Crippen molar-refractivity contribution < 1.29 is 13.2 Å². The lowest BCUT2D eigenvalue weighted by Crippen LogP contribution is -2.33. The van der Waals surface area contributed by atoms with E-state index in [2.05, 4.69) is 25.5 Å². The molecule has 0 aliphatic rings. The van der Waals surface area contributed by atoms with Crippen LogP contribution >= 0.6 is 0 Å². The Hall–Kier alpha value is -2.78. The number of carbonyl (C=O) groups is 1. The van der Waals surface area contributed by atoms with Gasteiger partial charge >= 0.3 is 0 Å². The van der Waals surface area contributed by atoms with E-state index in [9.17, 15) is 13.2 Å². The summed E-state index contributed by atoms with van der Waals surface area (Å²) >= 11 is 0. The Kier molecular flexibility index (Phi) is 6.81. The lowest BCUT2D eigenvalue weighted by Gasteiger charge is -2.08. The summed E-state index contributed by atoms with van der Waals surface area (Å²) in [5.74, 6) is -0.107. The molecule has 1 aromatic heterocycles. The number of aromatic nitrogens is 2. The number of benzene rings is 1. The molecule has 9 heteroatoms.